The first-order valence-corrected chi connectivity index (χ1v) is 7.97. The maximum absolute atomic E-state index is 10.5. The summed E-state index contributed by atoms with van der Waals surface area (Å²) in [6, 6.07) is 11.7. The predicted molar refractivity (Wildman–Crippen MR) is 88.5 cm³/mol. The Kier molecular flexibility index (Phi) is 4.19. The summed E-state index contributed by atoms with van der Waals surface area (Å²) in [5, 5.41) is 11.2. The third-order valence-electron chi connectivity index (χ3n) is 3.50. The summed E-state index contributed by atoms with van der Waals surface area (Å²) >= 11 is 8.40. The fourth-order valence-corrected chi connectivity index (χ4v) is 3.57. The third-order valence-corrected chi connectivity index (χ3v) is 4.70. The van der Waals surface area contributed by atoms with Crippen molar-refractivity contribution in [2.24, 2.45) is 0 Å². The quantitative estimate of drug-likeness (QED) is 0.784. The van der Waals surface area contributed by atoms with Gasteiger partial charge in [-0.1, -0.05) is 29.8 Å². The molecule has 1 aliphatic heterocycles. The molecule has 2 aromatic carbocycles. The SMILES string of the molecule is OC(Cc1cc(Cl)cc2c1OCC2)c1ccccc1I. The minimum absolute atomic E-state index is 0.517. The maximum atomic E-state index is 10.5. The lowest BCUT2D eigenvalue weighted by Gasteiger charge is -2.15. The van der Waals surface area contributed by atoms with Crippen LogP contribution in [0, 0.1) is 3.57 Å². The summed E-state index contributed by atoms with van der Waals surface area (Å²) in [5.41, 5.74) is 3.07. The highest BCUT2D eigenvalue weighted by Gasteiger charge is 2.20. The van der Waals surface area contributed by atoms with Crippen LogP contribution in [0.2, 0.25) is 5.02 Å². The number of halogens is 2. The molecule has 0 amide bonds. The van der Waals surface area contributed by atoms with Crippen molar-refractivity contribution in [1.29, 1.82) is 0 Å². The van der Waals surface area contributed by atoms with Gasteiger partial charge in [0.25, 0.3) is 0 Å². The fraction of sp³-hybridized carbons (Fsp3) is 0.250. The van der Waals surface area contributed by atoms with E-state index in [-0.39, 0.29) is 0 Å². The Morgan fingerprint density at radius 3 is 2.90 bits per heavy atom. The lowest BCUT2D eigenvalue weighted by molar-refractivity contribution is 0.176. The summed E-state index contributed by atoms with van der Waals surface area (Å²) in [5.74, 6) is 0.902. The molecule has 1 aliphatic rings. The highest BCUT2D eigenvalue weighted by atomic mass is 127. The van der Waals surface area contributed by atoms with Gasteiger partial charge in [-0.05, 0) is 57.5 Å². The molecule has 0 aromatic heterocycles. The Balaban J connectivity index is 1.90. The molecule has 4 heteroatoms. The van der Waals surface area contributed by atoms with Gasteiger partial charge >= 0.3 is 0 Å². The van der Waals surface area contributed by atoms with E-state index in [0.717, 1.165) is 32.4 Å². The number of aliphatic hydroxyl groups is 1. The van der Waals surface area contributed by atoms with E-state index in [0.29, 0.717) is 18.1 Å². The molecule has 1 atom stereocenters. The zero-order chi connectivity index (χ0) is 14.1. The van der Waals surface area contributed by atoms with Crippen molar-refractivity contribution in [1.82, 2.24) is 0 Å². The molecule has 2 aromatic rings. The van der Waals surface area contributed by atoms with Crippen LogP contribution in [0.1, 0.15) is 22.8 Å². The van der Waals surface area contributed by atoms with Gasteiger partial charge in [0.15, 0.2) is 0 Å². The number of fused-ring (bicyclic) bond motifs is 1. The molecule has 0 spiro atoms. The zero-order valence-corrected chi connectivity index (χ0v) is 13.7. The van der Waals surface area contributed by atoms with Crippen molar-refractivity contribution in [3.8, 4) is 5.75 Å². The van der Waals surface area contributed by atoms with E-state index in [1.165, 1.54) is 0 Å². The van der Waals surface area contributed by atoms with Crippen LogP contribution in [0.4, 0.5) is 0 Å². The van der Waals surface area contributed by atoms with Gasteiger partial charge in [-0.2, -0.15) is 0 Å². The first-order valence-electron chi connectivity index (χ1n) is 6.52. The van der Waals surface area contributed by atoms with E-state index < -0.39 is 6.10 Å². The molecule has 104 valence electrons. The average molecular weight is 401 g/mol. The Morgan fingerprint density at radius 1 is 1.30 bits per heavy atom. The van der Waals surface area contributed by atoms with Gasteiger partial charge in [0.1, 0.15) is 5.75 Å². The van der Waals surface area contributed by atoms with Crippen LogP contribution in [0.25, 0.3) is 0 Å². The first-order chi connectivity index (χ1) is 9.65. The molecule has 2 nitrogen and oxygen atoms in total. The monoisotopic (exact) mass is 400 g/mol. The summed E-state index contributed by atoms with van der Waals surface area (Å²) in [6.45, 7) is 0.696. The number of rotatable bonds is 3. The molecule has 1 heterocycles. The molecule has 1 unspecified atom stereocenters. The lowest BCUT2D eigenvalue weighted by atomic mass is 9.99. The molecule has 0 radical (unpaired) electrons. The van der Waals surface area contributed by atoms with Crippen LogP contribution >= 0.6 is 34.2 Å². The minimum Gasteiger partial charge on any atom is -0.493 e. The van der Waals surface area contributed by atoms with Crippen LogP contribution < -0.4 is 4.74 Å². The van der Waals surface area contributed by atoms with Crippen molar-refractivity contribution in [2.45, 2.75) is 18.9 Å². The van der Waals surface area contributed by atoms with E-state index in [9.17, 15) is 5.11 Å². The molecule has 3 rings (SSSR count). The molecule has 0 saturated carbocycles. The Hall–Kier alpha value is -0.780. The van der Waals surface area contributed by atoms with Crippen LogP contribution in [0.15, 0.2) is 36.4 Å². The second-order valence-electron chi connectivity index (χ2n) is 4.89. The molecule has 0 bridgehead atoms. The van der Waals surface area contributed by atoms with E-state index in [1.54, 1.807) is 0 Å². The number of hydrogen-bond acceptors (Lipinski definition) is 2. The summed E-state index contributed by atoms with van der Waals surface area (Å²) in [7, 11) is 0. The number of aliphatic hydroxyl groups excluding tert-OH is 1. The molecule has 0 aliphatic carbocycles. The number of ether oxygens (including phenoxy) is 1. The third kappa shape index (κ3) is 2.80. The zero-order valence-electron chi connectivity index (χ0n) is 10.8. The van der Waals surface area contributed by atoms with Gasteiger partial charge in [-0.15, -0.1) is 0 Å². The number of benzene rings is 2. The maximum Gasteiger partial charge on any atom is 0.126 e. The van der Waals surface area contributed by atoms with Crippen LogP contribution in [0.5, 0.6) is 5.75 Å². The summed E-state index contributed by atoms with van der Waals surface area (Å²) in [4.78, 5) is 0. The van der Waals surface area contributed by atoms with Gasteiger partial charge in [0.2, 0.25) is 0 Å². The smallest absolute Gasteiger partial charge is 0.126 e. The van der Waals surface area contributed by atoms with Crippen molar-refractivity contribution in [3.63, 3.8) is 0 Å². The van der Waals surface area contributed by atoms with E-state index >= 15 is 0 Å². The van der Waals surface area contributed by atoms with Crippen LogP contribution in [-0.4, -0.2) is 11.7 Å². The second kappa shape index (κ2) is 5.92. The fourth-order valence-electron chi connectivity index (χ4n) is 2.56. The van der Waals surface area contributed by atoms with Crippen molar-refractivity contribution in [3.05, 3.63) is 61.7 Å². The van der Waals surface area contributed by atoms with Crippen LogP contribution in [-0.2, 0) is 12.8 Å². The van der Waals surface area contributed by atoms with Gasteiger partial charge in [0, 0.05) is 21.4 Å². The van der Waals surface area contributed by atoms with Gasteiger partial charge in [-0.25, -0.2) is 0 Å². The first kappa shape index (κ1) is 14.2. The second-order valence-corrected chi connectivity index (χ2v) is 6.49. The molecular weight excluding hydrogens is 387 g/mol. The highest BCUT2D eigenvalue weighted by Crippen LogP contribution is 2.35. The van der Waals surface area contributed by atoms with Gasteiger partial charge < -0.3 is 9.84 Å². The van der Waals surface area contributed by atoms with E-state index in [4.69, 9.17) is 16.3 Å². The van der Waals surface area contributed by atoms with Crippen molar-refractivity contribution >= 4 is 34.2 Å². The molecule has 20 heavy (non-hydrogen) atoms. The molecular formula is C16H14ClIO2. The lowest BCUT2D eigenvalue weighted by Crippen LogP contribution is -2.05. The highest BCUT2D eigenvalue weighted by molar-refractivity contribution is 14.1. The summed E-state index contributed by atoms with van der Waals surface area (Å²) < 4.78 is 6.75. The predicted octanol–water partition coefficient (Wildman–Crippen LogP) is 4.16. The Labute approximate surface area is 136 Å². The van der Waals surface area contributed by atoms with Gasteiger partial charge in [-0.3, -0.25) is 0 Å². The molecule has 0 saturated heterocycles. The van der Waals surface area contributed by atoms with Crippen LogP contribution in [0.3, 0.4) is 0 Å². The largest absolute Gasteiger partial charge is 0.493 e. The van der Waals surface area contributed by atoms with E-state index in [2.05, 4.69) is 22.6 Å². The van der Waals surface area contributed by atoms with E-state index in [1.807, 2.05) is 36.4 Å². The molecule has 1 N–H and O–H groups in total. The van der Waals surface area contributed by atoms with Crippen molar-refractivity contribution < 1.29 is 9.84 Å². The standard InChI is InChI=1S/C16H14ClIO2/c17-12-7-10-5-6-20-16(10)11(8-12)9-15(19)13-3-1-2-4-14(13)18/h1-4,7-8,15,19H,5-6,9H2. The summed E-state index contributed by atoms with van der Waals surface area (Å²) in [6.07, 6.45) is 0.861. The minimum atomic E-state index is -0.546. The topological polar surface area (TPSA) is 29.5 Å². The molecule has 0 fully saturated rings. The van der Waals surface area contributed by atoms with Crippen molar-refractivity contribution in [2.75, 3.05) is 6.61 Å². The Bertz CT molecular complexity index is 642. The normalized spacial score (nSPS) is 14.8. The Morgan fingerprint density at radius 2 is 2.10 bits per heavy atom. The average Bonchev–Trinajstić information content (AvgIpc) is 2.87. The number of hydrogen-bond donors (Lipinski definition) is 1. The van der Waals surface area contributed by atoms with Gasteiger partial charge in [0.05, 0.1) is 12.7 Å².